The van der Waals surface area contributed by atoms with Gasteiger partial charge in [0.05, 0.1) is 11.3 Å². The summed E-state index contributed by atoms with van der Waals surface area (Å²) in [6.07, 6.45) is 1.53. The highest BCUT2D eigenvalue weighted by Crippen LogP contribution is 2.33. The van der Waals surface area contributed by atoms with Crippen LogP contribution in [-0.4, -0.2) is 27.1 Å². The summed E-state index contributed by atoms with van der Waals surface area (Å²) in [6, 6.07) is 7.26. The number of carboxylic acids is 1. The molecule has 1 heterocycles. The number of carboxylic acid groups (broad SMARTS) is 1. The van der Waals surface area contributed by atoms with Crippen LogP contribution < -0.4 is 0 Å². The van der Waals surface area contributed by atoms with Crippen LogP contribution in [0.25, 0.3) is 0 Å². The van der Waals surface area contributed by atoms with Gasteiger partial charge in [0, 0.05) is 29.9 Å². The van der Waals surface area contributed by atoms with E-state index in [-0.39, 0.29) is 28.6 Å². The Hall–Kier alpha value is -2.02. The number of pyridine rings is 1. The Kier molecular flexibility index (Phi) is 6.47. The highest BCUT2D eigenvalue weighted by atomic mass is 32.2. The van der Waals surface area contributed by atoms with Crippen molar-refractivity contribution in [3.05, 3.63) is 65.2 Å². The van der Waals surface area contributed by atoms with Crippen molar-refractivity contribution in [1.82, 2.24) is 4.98 Å². The van der Waals surface area contributed by atoms with Gasteiger partial charge in [0.15, 0.2) is 0 Å². The van der Waals surface area contributed by atoms with E-state index in [0.717, 1.165) is 24.3 Å². The van der Waals surface area contributed by atoms with Crippen molar-refractivity contribution in [3.8, 4) is 0 Å². The van der Waals surface area contributed by atoms with E-state index in [1.54, 1.807) is 6.07 Å². The Balaban J connectivity index is 1.89. The van der Waals surface area contributed by atoms with Crippen molar-refractivity contribution in [3.63, 3.8) is 0 Å². The number of alkyl halides is 2. The lowest BCUT2D eigenvalue weighted by Crippen LogP contribution is -2.16. The van der Waals surface area contributed by atoms with E-state index in [9.17, 15) is 18.0 Å². The zero-order valence-electron chi connectivity index (χ0n) is 13.6. The van der Waals surface area contributed by atoms with Crippen molar-refractivity contribution in [1.29, 1.82) is 0 Å². The van der Waals surface area contributed by atoms with Crippen LogP contribution in [0.1, 0.15) is 35.0 Å². The van der Waals surface area contributed by atoms with Crippen LogP contribution >= 0.6 is 11.8 Å². The lowest BCUT2D eigenvalue weighted by atomic mass is 10.1. The molecule has 2 rings (SSSR count). The van der Waals surface area contributed by atoms with E-state index >= 15 is 0 Å². The summed E-state index contributed by atoms with van der Waals surface area (Å²) < 4.78 is 41.1. The first-order valence-corrected chi connectivity index (χ1v) is 8.77. The van der Waals surface area contributed by atoms with Crippen LogP contribution in [0.3, 0.4) is 0 Å². The molecular weight excluding hydrogens is 351 g/mol. The van der Waals surface area contributed by atoms with Crippen LogP contribution in [-0.2, 0) is 12.3 Å². The maximum Gasteiger partial charge on any atom is 0.337 e. The number of hydrogen-bond donors (Lipinski definition) is 1. The molecule has 134 valence electrons. The second kappa shape index (κ2) is 8.38. The number of carbonyl (C=O) groups is 1. The maximum atomic E-state index is 14.1. The highest BCUT2D eigenvalue weighted by Gasteiger charge is 2.31. The van der Waals surface area contributed by atoms with Crippen LogP contribution in [0.5, 0.6) is 0 Å². The zero-order valence-corrected chi connectivity index (χ0v) is 14.4. The smallest absolute Gasteiger partial charge is 0.337 e. The number of hydrogen-bond acceptors (Lipinski definition) is 3. The van der Waals surface area contributed by atoms with Crippen LogP contribution in [0.2, 0.25) is 0 Å². The minimum Gasteiger partial charge on any atom is -0.478 e. The topological polar surface area (TPSA) is 50.2 Å². The molecule has 0 saturated carbocycles. The van der Waals surface area contributed by atoms with Gasteiger partial charge in [-0.25, -0.2) is 18.0 Å². The lowest BCUT2D eigenvalue weighted by Gasteiger charge is -2.18. The van der Waals surface area contributed by atoms with Gasteiger partial charge in [0.1, 0.15) is 5.82 Å². The van der Waals surface area contributed by atoms with E-state index < -0.39 is 17.7 Å². The average molecular weight is 369 g/mol. The molecule has 0 saturated heterocycles. The molecule has 0 radical (unpaired) electrons. The number of halogens is 3. The summed E-state index contributed by atoms with van der Waals surface area (Å²) in [7, 11) is 0. The number of thioether (sulfide) groups is 1. The molecule has 0 aliphatic carbocycles. The number of rotatable bonds is 8. The van der Waals surface area contributed by atoms with Gasteiger partial charge in [0.25, 0.3) is 5.92 Å². The first kappa shape index (κ1) is 19.3. The van der Waals surface area contributed by atoms with Crippen molar-refractivity contribution >= 4 is 17.7 Å². The molecule has 25 heavy (non-hydrogen) atoms. The van der Waals surface area contributed by atoms with Gasteiger partial charge in [-0.2, -0.15) is 11.8 Å². The Morgan fingerprint density at radius 1 is 1.28 bits per heavy atom. The molecule has 1 unspecified atom stereocenters. The summed E-state index contributed by atoms with van der Waals surface area (Å²) in [5.41, 5.74) is 0.368. The first-order chi connectivity index (χ1) is 11.8. The first-order valence-electron chi connectivity index (χ1n) is 7.72. The summed E-state index contributed by atoms with van der Waals surface area (Å²) in [6.45, 7) is 1.85. The Morgan fingerprint density at radius 2 is 1.96 bits per heavy atom. The molecule has 1 aromatic carbocycles. The van der Waals surface area contributed by atoms with Gasteiger partial charge < -0.3 is 5.11 Å². The molecule has 1 atom stereocenters. The largest absolute Gasteiger partial charge is 0.478 e. The third kappa shape index (κ3) is 5.49. The van der Waals surface area contributed by atoms with E-state index in [1.807, 2.05) is 6.92 Å². The van der Waals surface area contributed by atoms with E-state index in [1.165, 1.54) is 24.0 Å². The van der Waals surface area contributed by atoms with E-state index in [2.05, 4.69) is 4.98 Å². The maximum absolute atomic E-state index is 14.1. The van der Waals surface area contributed by atoms with Crippen LogP contribution in [0.4, 0.5) is 13.2 Å². The SMILES string of the molecule is CC(Cc1ncccc1C(=O)O)SCCC(F)(F)c1ccc(F)cc1. The average Bonchev–Trinajstić information content (AvgIpc) is 2.55. The molecule has 1 aromatic heterocycles. The normalized spacial score (nSPS) is 12.8. The molecule has 0 amide bonds. The van der Waals surface area contributed by atoms with Crippen molar-refractivity contribution in [2.24, 2.45) is 0 Å². The van der Waals surface area contributed by atoms with Gasteiger partial charge in [-0.3, -0.25) is 4.98 Å². The zero-order chi connectivity index (χ0) is 18.4. The third-order valence-corrected chi connectivity index (χ3v) is 4.86. The minimum atomic E-state index is -3.03. The summed E-state index contributed by atoms with van der Waals surface area (Å²) >= 11 is 1.33. The Bertz CT molecular complexity index is 723. The molecule has 3 nitrogen and oxygen atoms in total. The summed E-state index contributed by atoms with van der Waals surface area (Å²) in [4.78, 5) is 15.2. The van der Waals surface area contributed by atoms with Gasteiger partial charge in [0.2, 0.25) is 0 Å². The van der Waals surface area contributed by atoms with Gasteiger partial charge >= 0.3 is 5.97 Å². The molecule has 0 aliphatic heterocycles. The molecule has 0 fully saturated rings. The molecule has 7 heteroatoms. The number of aromatic nitrogens is 1. The predicted molar refractivity (Wildman–Crippen MR) is 91.7 cm³/mol. The van der Waals surface area contributed by atoms with Crippen LogP contribution in [0.15, 0.2) is 42.6 Å². The number of nitrogens with zero attached hydrogens (tertiary/aromatic N) is 1. The standard InChI is InChI=1S/C18H18F3NO2S/c1-12(11-16-15(17(23)24)3-2-9-22-16)25-10-8-18(20,21)13-4-6-14(19)7-5-13/h2-7,9,12H,8,10-11H2,1H3,(H,23,24). The van der Waals surface area contributed by atoms with Gasteiger partial charge in [-0.15, -0.1) is 0 Å². The second-order valence-electron chi connectivity index (χ2n) is 5.65. The Morgan fingerprint density at radius 3 is 2.60 bits per heavy atom. The van der Waals surface area contributed by atoms with Crippen molar-refractivity contribution in [2.45, 2.75) is 30.9 Å². The second-order valence-corrected chi connectivity index (χ2v) is 7.20. The molecule has 1 N–H and O–H groups in total. The highest BCUT2D eigenvalue weighted by molar-refractivity contribution is 7.99. The third-order valence-electron chi connectivity index (χ3n) is 3.69. The van der Waals surface area contributed by atoms with Gasteiger partial charge in [-0.1, -0.05) is 19.1 Å². The molecular formula is C18H18F3NO2S. The van der Waals surface area contributed by atoms with Crippen molar-refractivity contribution in [2.75, 3.05) is 5.75 Å². The number of benzene rings is 1. The fourth-order valence-electron chi connectivity index (χ4n) is 2.35. The Labute approximate surface area is 148 Å². The van der Waals surface area contributed by atoms with E-state index in [4.69, 9.17) is 5.11 Å². The molecule has 2 aromatic rings. The summed E-state index contributed by atoms with van der Waals surface area (Å²) in [5, 5.41) is 9.08. The fourth-order valence-corrected chi connectivity index (χ4v) is 3.41. The monoisotopic (exact) mass is 369 g/mol. The van der Waals surface area contributed by atoms with Gasteiger partial charge in [-0.05, 0) is 30.0 Å². The molecule has 0 spiro atoms. The lowest BCUT2D eigenvalue weighted by molar-refractivity contribution is -0.00708. The van der Waals surface area contributed by atoms with Crippen molar-refractivity contribution < 1.29 is 23.1 Å². The summed E-state index contributed by atoms with van der Waals surface area (Å²) in [5.74, 6) is -4.44. The minimum absolute atomic E-state index is 0.0583. The molecule has 0 aliphatic rings. The predicted octanol–water partition coefficient (Wildman–Crippen LogP) is 4.77. The number of aromatic carboxylic acids is 1. The fraction of sp³-hybridized carbons (Fsp3) is 0.333. The molecule has 0 bridgehead atoms. The van der Waals surface area contributed by atoms with Crippen LogP contribution in [0, 0.1) is 5.82 Å². The quantitative estimate of drug-likeness (QED) is 0.729. The van der Waals surface area contributed by atoms with E-state index in [0.29, 0.717) is 12.1 Å².